The van der Waals surface area contributed by atoms with Gasteiger partial charge < -0.3 is 31.7 Å². The first-order chi connectivity index (χ1) is 14.2. The van der Waals surface area contributed by atoms with Crippen LogP contribution < -0.4 is 21.5 Å². The van der Waals surface area contributed by atoms with Crippen LogP contribution in [-0.4, -0.2) is 46.2 Å². The molecule has 0 aromatic heterocycles. The third kappa shape index (κ3) is 6.60. The summed E-state index contributed by atoms with van der Waals surface area (Å²) in [7, 11) is 0. The summed E-state index contributed by atoms with van der Waals surface area (Å²) in [4.78, 5) is 39.1. The fraction of sp³-hybridized carbons (Fsp3) is 0.200. The summed E-state index contributed by atoms with van der Waals surface area (Å²) >= 11 is 0. The van der Waals surface area contributed by atoms with Crippen molar-refractivity contribution in [1.29, 1.82) is 0 Å². The summed E-state index contributed by atoms with van der Waals surface area (Å²) < 4.78 is 5.27. The number of benzene rings is 2. The van der Waals surface area contributed by atoms with E-state index in [0.29, 0.717) is 16.8 Å². The number of rotatable bonds is 8. The Bertz CT molecular complexity index is 935. The van der Waals surface area contributed by atoms with Crippen LogP contribution in [0.15, 0.2) is 53.5 Å². The number of esters is 1. The number of carbonyl (C=O) groups is 3. The molecule has 10 nitrogen and oxygen atoms in total. The topological polar surface area (TPSA) is 177 Å². The Balaban J connectivity index is 1.95. The number of carboxylic acid groups (broad SMARTS) is 1. The molecule has 158 valence electrons. The van der Waals surface area contributed by atoms with Gasteiger partial charge >= 0.3 is 11.9 Å². The summed E-state index contributed by atoms with van der Waals surface area (Å²) in [6, 6.07) is 10.9. The second kappa shape index (κ2) is 10.0. The molecule has 0 saturated carbocycles. The summed E-state index contributed by atoms with van der Waals surface area (Å²) in [5.74, 6) is -2.30. The van der Waals surface area contributed by atoms with Gasteiger partial charge in [0.25, 0.3) is 0 Å². The van der Waals surface area contributed by atoms with Gasteiger partial charge in [-0.25, -0.2) is 14.6 Å². The number of aliphatic hydroxyl groups is 1. The van der Waals surface area contributed by atoms with Crippen molar-refractivity contribution in [3.63, 3.8) is 0 Å². The molecule has 0 aliphatic carbocycles. The van der Waals surface area contributed by atoms with Crippen LogP contribution in [0.25, 0.3) is 0 Å². The van der Waals surface area contributed by atoms with Crippen molar-refractivity contribution in [2.24, 2.45) is 16.5 Å². The van der Waals surface area contributed by atoms with Crippen molar-refractivity contribution in [1.82, 2.24) is 5.32 Å². The lowest BCUT2D eigenvalue weighted by Gasteiger charge is -2.17. The van der Waals surface area contributed by atoms with Crippen molar-refractivity contribution in [2.45, 2.75) is 25.5 Å². The van der Waals surface area contributed by atoms with Crippen LogP contribution in [0.2, 0.25) is 0 Å². The third-order valence-corrected chi connectivity index (χ3v) is 3.92. The minimum Gasteiger partial charge on any atom is -0.480 e. The maximum absolute atomic E-state index is 12.2. The van der Waals surface area contributed by atoms with E-state index in [2.05, 4.69) is 10.3 Å². The Morgan fingerprint density at radius 2 is 1.67 bits per heavy atom. The average Bonchev–Trinajstić information content (AvgIpc) is 2.67. The third-order valence-electron chi connectivity index (χ3n) is 3.92. The van der Waals surface area contributed by atoms with E-state index in [1.807, 2.05) is 0 Å². The normalized spacial score (nSPS) is 12.3. The molecule has 0 fully saturated rings. The van der Waals surface area contributed by atoms with Crippen molar-refractivity contribution >= 4 is 29.5 Å². The second-order valence-electron chi connectivity index (χ2n) is 6.42. The SMILES string of the molecule is C[C@@H](O)[C@H](NC(=O)Cc1ccc(OC(=O)c2ccc(N=C(N)N)cc2)cc1)C(=O)O. The molecular weight excluding hydrogens is 392 g/mol. The number of carbonyl (C=O) groups excluding carboxylic acids is 2. The van der Waals surface area contributed by atoms with Gasteiger partial charge in [0.05, 0.1) is 23.8 Å². The van der Waals surface area contributed by atoms with Gasteiger partial charge in [-0.15, -0.1) is 0 Å². The van der Waals surface area contributed by atoms with E-state index in [-0.39, 0.29) is 18.1 Å². The Hall–Kier alpha value is -3.92. The summed E-state index contributed by atoms with van der Waals surface area (Å²) in [5.41, 5.74) is 11.9. The maximum Gasteiger partial charge on any atom is 0.343 e. The molecule has 0 aliphatic heterocycles. The van der Waals surface area contributed by atoms with Gasteiger partial charge in [-0.3, -0.25) is 4.79 Å². The van der Waals surface area contributed by atoms with Crippen LogP contribution in [0.3, 0.4) is 0 Å². The molecule has 10 heteroatoms. The molecule has 2 aromatic carbocycles. The lowest BCUT2D eigenvalue weighted by molar-refractivity contribution is -0.144. The summed E-state index contributed by atoms with van der Waals surface area (Å²) in [6.07, 6.45) is -1.33. The zero-order valence-corrected chi connectivity index (χ0v) is 16.1. The molecular formula is C20H22N4O6. The number of nitrogens with two attached hydrogens (primary N) is 2. The standard InChI is InChI=1S/C20H22N4O6/c1-11(25)17(18(27)28)24-16(26)10-12-2-8-15(9-3-12)30-19(29)13-4-6-14(7-5-13)23-20(21)22/h2-9,11,17,25H,10H2,1H3,(H,24,26)(H,27,28)(H4,21,22,23)/t11-,17+/m1/s1. The van der Waals surface area contributed by atoms with E-state index in [1.54, 1.807) is 24.3 Å². The van der Waals surface area contributed by atoms with Crippen molar-refractivity contribution in [3.8, 4) is 5.75 Å². The van der Waals surface area contributed by atoms with E-state index >= 15 is 0 Å². The number of aliphatic hydroxyl groups excluding tert-OH is 1. The number of guanidine groups is 1. The van der Waals surface area contributed by atoms with Gasteiger partial charge in [-0.2, -0.15) is 0 Å². The van der Waals surface area contributed by atoms with Gasteiger partial charge in [0.2, 0.25) is 5.91 Å². The Kier molecular flexibility index (Phi) is 7.48. The molecule has 7 N–H and O–H groups in total. The quantitative estimate of drug-likeness (QED) is 0.177. The van der Waals surface area contributed by atoms with E-state index in [0.717, 1.165) is 0 Å². The lowest BCUT2D eigenvalue weighted by atomic mass is 10.1. The minimum atomic E-state index is -1.39. The lowest BCUT2D eigenvalue weighted by Crippen LogP contribution is -2.48. The van der Waals surface area contributed by atoms with Crippen LogP contribution in [-0.2, 0) is 16.0 Å². The maximum atomic E-state index is 12.2. The van der Waals surface area contributed by atoms with Crippen molar-refractivity contribution < 1.29 is 29.3 Å². The first kappa shape index (κ1) is 22.4. The average molecular weight is 414 g/mol. The van der Waals surface area contributed by atoms with E-state index in [1.165, 1.54) is 31.2 Å². The molecule has 0 bridgehead atoms. The highest BCUT2D eigenvalue weighted by molar-refractivity contribution is 5.91. The van der Waals surface area contributed by atoms with Crippen molar-refractivity contribution in [2.75, 3.05) is 0 Å². The number of nitrogens with zero attached hydrogens (tertiary/aromatic N) is 1. The molecule has 0 saturated heterocycles. The van der Waals surface area contributed by atoms with Gasteiger partial charge in [-0.05, 0) is 48.9 Å². The number of amides is 1. The predicted octanol–water partition coefficient (Wildman–Crippen LogP) is 0.303. The molecule has 2 rings (SSSR count). The molecule has 0 unspecified atom stereocenters. The second-order valence-corrected chi connectivity index (χ2v) is 6.42. The van der Waals surface area contributed by atoms with Gasteiger partial charge in [-0.1, -0.05) is 12.1 Å². The summed E-state index contributed by atoms with van der Waals surface area (Å²) in [6.45, 7) is 1.27. The smallest absolute Gasteiger partial charge is 0.343 e. The number of aliphatic imine (C=N–C) groups is 1. The van der Waals surface area contributed by atoms with Crippen molar-refractivity contribution in [3.05, 3.63) is 59.7 Å². The highest BCUT2D eigenvalue weighted by Crippen LogP contribution is 2.17. The monoisotopic (exact) mass is 414 g/mol. The predicted molar refractivity (Wildman–Crippen MR) is 108 cm³/mol. The van der Waals surface area contributed by atoms with Gasteiger partial charge in [0.1, 0.15) is 5.75 Å². The van der Waals surface area contributed by atoms with Crippen LogP contribution >= 0.6 is 0 Å². The van der Waals surface area contributed by atoms with Gasteiger partial charge in [0.15, 0.2) is 12.0 Å². The highest BCUT2D eigenvalue weighted by Gasteiger charge is 2.24. The number of hydrogen-bond acceptors (Lipinski definition) is 6. The fourth-order valence-corrected chi connectivity index (χ4v) is 2.46. The molecule has 1 amide bonds. The van der Waals surface area contributed by atoms with Crippen LogP contribution in [0.5, 0.6) is 5.75 Å². The number of nitrogens with one attached hydrogen (secondary N) is 1. The molecule has 30 heavy (non-hydrogen) atoms. The zero-order valence-electron chi connectivity index (χ0n) is 16.1. The zero-order chi connectivity index (χ0) is 22.3. The molecule has 2 aromatic rings. The summed E-state index contributed by atoms with van der Waals surface area (Å²) in [5, 5.41) is 20.6. The molecule has 0 spiro atoms. The van der Waals surface area contributed by atoms with E-state index in [9.17, 15) is 19.5 Å². The fourth-order valence-electron chi connectivity index (χ4n) is 2.46. The number of ether oxygens (including phenoxy) is 1. The van der Waals surface area contributed by atoms with Gasteiger partial charge in [0, 0.05) is 0 Å². The first-order valence-electron chi connectivity index (χ1n) is 8.86. The number of aliphatic carboxylic acids is 1. The van der Waals surface area contributed by atoms with Crippen LogP contribution in [0.4, 0.5) is 5.69 Å². The largest absolute Gasteiger partial charge is 0.480 e. The minimum absolute atomic E-state index is 0.0940. The Morgan fingerprint density at radius 3 is 2.17 bits per heavy atom. The molecule has 0 heterocycles. The van der Waals surface area contributed by atoms with Crippen LogP contribution in [0, 0.1) is 0 Å². The van der Waals surface area contributed by atoms with Crippen LogP contribution in [0.1, 0.15) is 22.8 Å². The Labute approximate surface area is 172 Å². The molecule has 0 radical (unpaired) electrons. The molecule has 2 atom stereocenters. The molecule has 0 aliphatic rings. The Morgan fingerprint density at radius 1 is 1.07 bits per heavy atom. The van der Waals surface area contributed by atoms with E-state index in [4.69, 9.17) is 21.3 Å². The van der Waals surface area contributed by atoms with E-state index < -0.39 is 30.0 Å². The highest BCUT2D eigenvalue weighted by atomic mass is 16.5. The number of hydrogen-bond donors (Lipinski definition) is 5. The number of carboxylic acids is 1. The first-order valence-corrected chi connectivity index (χ1v) is 8.86.